The summed E-state index contributed by atoms with van der Waals surface area (Å²) in [6.45, 7) is 7.20. The van der Waals surface area contributed by atoms with E-state index >= 15 is 0 Å². The number of nitrogens with zero attached hydrogens (tertiary/aromatic N) is 1. The maximum absolute atomic E-state index is 12.2. The molecule has 1 amide bonds. The van der Waals surface area contributed by atoms with E-state index in [-0.39, 0.29) is 31.0 Å². The van der Waals surface area contributed by atoms with Crippen molar-refractivity contribution >= 4 is 11.9 Å². The Kier molecular flexibility index (Phi) is 6.21. The molecule has 0 saturated carbocycles. The number of amides is 1. The smallest absolute Gasteiger partial charge is 0.323 e. The molecule has 1 aromatic carbocycles. The number of rotatable bonds is 7. The fourth-order valence-electron chi connectivity index (χ4n) is 1.98. The largest absolute Gasteiger partial charge is 0.491 e. The van der Waals surface area contributed by atoms with Gasteiger partial charge >= 0.3 is 5.97 Å². The predicted octanol–water partition coefficient (Wildman–Crippen LogP) is 2.34. The molecule has 0 aromatic heterocycles. The second-order valence-corrected chi connectivity index (χ2v) is 5.50. The molecule has 21 heavy (non-hydrogen) atoms. The van der Waals surface area contributed by atoms with E-state index in [0.717, 1.165) is 5.56 Å². The molecule has 0 bridgehead atoms. The van der Waals surface area contributed by atoms with Gasteiger partial charge < -0.3 is 14.7 Å². The van der Waals surface area contributed by atoms with Crippen LogP contribution in [0.25, 0.3) is 0 Å². The number of hydrogen-bond donors (Lipinski definition) is 1. The zero-order chi connectivity index (χ0) is 16.0. The van der Waals surface area contributed by atoms with E-state index in [1.165, 1.54) is 4.90 Å². The van der Waals surface area contributed by atoms with Crippen LogP contribution in [0.4, 0.5) is 0 Å². The Balaban J connectivity index is 2.78. The number of carboxylic acids is 1. The number of benzene rings is 1. The quantitative estimate of drug-likeness (QED) is 0.838. The second kappa shape index (κ2) is 7.67. The van der Waals surface area contributed by atoms with Crippen LogP contribution in [-0.2, 0) is 16.0 Å². The molecule has 0 spiro atoms. The van der Waals surface area contributed by atoms with Crippen LogP contribution in [-0.4, -0.2) is 40.6 Å². The lowest BCUT2D eigenvalue weighted by molar-refractivity contribution is -0.145. The molecule has 1 aromatic rings. The number of carboxylic acid groups (broad SMARTS) is 1. The zero-order valence-electron chi connectivity index (χ0n) is 13.0. The van der Waals surface area contributed by atoms with E-state index in [9.17, 15) is 9.59 Å². The normalized spacial score (nSPS) is 10.8. The Hall–Kier alpha value is -2.04. The van der Waals surface area contributed by atoms with Crippen LogP contribution < -0.4 is 4.74 Å². The van der Waals surface area contributed by atoms with Crippen LogP contribution in [0, 0.1) is 0 Å². The molecule has 116 valence electrons. The number of carbonyl (C=O) groups is 2. The molecule has 0 fully saturated rings. The van der Waals surface area contributed by atoms with Crippen LogP contribution in [0.3, 0.4) is 0 Å². The summed E-state index contributed by atoms with van der Waals surface area (Å²) < 4.78 is 5.59. The van der Waals surface area contributed by atoms with Crippen LogP contribution in [0.5, 0.6) is 5.75 Å². The molecule has 0 aliphatic heterocycles. The van der Waals surface area contributed by atoms with Crippen molar-refractivity contribution in [3.8, 4) is 5.75 Å². The molecule has 0 heterocycles. The van der Waals surface area contributed by atoms with E-state index in [4.69, 9.17) is 9.84 Å². The number of hydrogen-bond acceptors (Lipinski definition) is 3. The number of ether oxygens (including phenoxy) is 1. The van der Waals surface area contributed by atoms with Crippen LogP contribution in [0.2, 0.25) is 0 Å². The van der Waals surface area contributed by atoms with Gasteiger partial charge in [-0.1, -0.05) is 12.1 Å². The summed E-state index contributed by atoms with van der Waals surface area (Å²) in [5.41, 5.74) is 0.814. The molecule has 0 atom stereocenters. The Morgan fingerprint density at radius 1 is 1.24 bits per heavy atom. The minimum atomic E-state index is -1.01. The van der Waals surface area contributed by atoms with Gasteiger partial charge in [-0.15, -0.1) is 0 Å². The van der Waals surface area contributed by atoms with E-state index in [0.29, 0.717) is 5.75 Å². The first-order chi connectivity index (χ1) is 9.79. The van der Waals surface area contributed by atoms with Gasteiger partial charge in [-0.25, -0.2) is 0 Å². The van der Waals surface area contributed by atoms with Crippen molar-refractivity contribution in [1.82, 2.24) is 4.90 Å². The van der Waals surface area contributed by atoms with Crippen LogP contribution >= 0.6 is 0 Å². The molecule has 0 saturated heterocycles. The summed E-state index contributed by atoms with van der Waals surface area (Å²) in [7, 11) is 0. The highest BCUT2D eigenvalue weighted by molar-refractivity contribution is 5.83. The standard InChI is InChI=1S/C16H23NO4/c1-11(2)17(10-16(19)20)15(18)9-13-6-5-7-14(8-13)21-12(3)4/h5-8,11-12H,9-10H2,1-4H3,(H,19,20). The van der Waals surface area contributed by atoms with Crippen molar-refractivity contribution in [2.45, 2.75) is 46.3 Å². The van der Waals surface area contributed by atoms with Crippen LogP contribution in [0.15, 0.2) is 24.3 Å². The Labute approximate surface area is 125 Å². The lowest BCUT2D eigenvalue weighted by Crippen LogP contribution is -2.41. The summed E-state index contributed by atoms with van der Waals surface area (Å²) in [5, 5.41) is 8.88. The molecular formula is C16H23NO4. The number of aliphatic carboxylic acids is 1. The first-order valence-corrected chi connectivity index (χ1v) is 7.06. The van der Waals surface area contributed by atoms with Crippen molar-refractivity contribution in [3.63, 3.8) is 0 Å². The highest BCUT2D eigenvalue weighted by atomic mass is 16.5. The zero-order valence-corrected chi connectivity index (χ0v) is 13.0. The minimum absolute atomic E-state index is 0.0649. The summed E-state index contributed by atoms with van der Waals surface area (Å²) in [6, 6.07) is 7.17. The van der Waals surface area contributed by atoms with E-state index in [1.807, 2.05) is 38.1 Å². The Bertz CT molecular complexity index is 497. The molecule has 1 N–H and O–H groups in total. The highest BCUT2D eigenvalue weighted by Gasteiger charge is 2.20. The summed E-state index contributed by atoms with van der Waals surface area (Å²) in [4.78, 5) is 24.4. The summed E-state index contributed by atoms with van der Waals surface area (Å²) >= 11 is 0. The Morgan fingerprint density at radius 2 is 1.90 bits per heavy atom. The van der Waals surface area contributed by atoms with Gasteiger partial charge in [0.05, 0.1) is 12.5 Å². The fourth-order valence-corrected chi connectivity index (χ4v) is 1.98. The maximum atomic E-state index is 12.2. The first kappa shape index (κ1) is 17.0. The third kappa shape index (κ3) is 5.85. The van der Waals surface area contributed by atoms with Crippen molar-refractivity contribution in [3.05, 3.63) is 29.8 Å². The predicted molar refractivity (Wildman–Crippen MR) is 80.4 cm³/mol. The third-order valence-electron chi connectivity index (χ3n) is 2.87. The van der Waals surface area contributed by atoms with Crippen molar-refractivity contribution < 1.29 is 19.4 Å². The monoisotopic (exact) mass is 293 g/mol. The van der Waals surface area contributed by atoms with E-state index in [2.05, 4.69) is 0 Å². The molecule has 5 heteroatoms. The van der Waals surface area contributed by atoms with Crippen LogP contribution in [0.1, 0.15) is 33.3 Å². The van der Waals surface area contributed by atoms with E-state index in [1.54, 1.807) is 13.8 Å². The highest BCUT2D eigenvalue weighted by Crippen LogP contribution is 2.16. The molecule has 5 nitrogen and oxygen atoms in total. The summed E-state index contributed by atoms with van der Waals surface area (Å²) in [6.07, 6.45) is 0.232. The lowest BCUT2D eigenvalue weighted by Gasteiger charge is -2.25. The average molecular weight is 293 g/mol. The molecule has 0 aliphatic carbocycles. The van der Waals surface area contributed by atoms with Gasteiger partial charge in [-0.2, -0.15) is 0 Å². The first-order valence-electron chi connectivity index (χ1n) is 7.06. The number of carbonyl (C=O) groups excluding carboxylic acids is 1. The lowest BCUT2D eigenvalue weighted by atomic mass is 10.1. The van der Waals surface area contributed by atoms with Crippen molar-refractivity contribution in [2.75, 3.05) is 6.54 Å². The second-order valence-electron chi connectivity index (χ2n) is 5.50. The van der Waals surface area contributed by atoms with Gasteiger partial charge in [0, 0.05) is 6.04 Å². The molecule has 0 radical (unpaired) electrons. The summed E-state index contributed by atoms with van der Waals surface area (Å²) in [5.74, 6) is -0.493. The molecular weight excluding hydrogens is 270 g/mol. The third-order valence-corrected chi connectivity index (χ3v) is 2.87. The fraction of sp³-hybridized carbons (Fsp3) is 0.500. The Morgan fingerprint density at radius 3 is 2.43 bits per heavy atom. The SMILES string of the molecule is CC(C)Oc1cccc(CC(=O)N(CC(=O)O)C(C)C)c1. The van der Waals surface area contributed by atoms with Gasteiger partial charge in [-0.3, -0.25) is 9.59 Å². The van der Waals surface area contributed by atoms with E-state index < -0.39 is 5.97 Å². The molecule has 1 rings (SSSR count). The molecule has 0 unspecified atom stereocenters. The topological polar surface area (TPSA) is 66.8 Å². The average Bonchev–Trinajstić information content (AvgIpc) is 2.34. The van der Waals surface area contributed by atoms with Crippen molar-refractivity contribution in [2.24, 2.45) is 0 Å². The van der Waals surface area contributed by atoms with Gasteiger partial charge in [0.2, 0.25) is 5.91 Å². The van der Waals surface area contributed by atoms with Gasteiger partial charge in [0.25, 0.3) is 0 Å². The van der Waals surface area contributed by atoms with Crippen molar-refractivity contribution in [1.29, 1.82) is 0 Å². The molecule has 0 aliphatic rings. The minimum Gasteiger partial charge on any atom is -0.491 e. The maximum Gasteiger partial charge on any atom is 0.323 e. The van der Waals surface area contributed by atoms with Gasteiger partial charge in [-0.05, 0) is 45.4 Å². The van der Waals surface area contributed by atoms with Gasteiger partial charge in [0.15, 0.2) is 0 Å². The van der Waals surface area contributed by atoms with Gasteiger partial charge in [0.1, 0.15) is 12.3 Å².